The number of ether oxygens (including phenoxy) is 4. The summed E-state index contributed by atoms with van der Waals surface area (Å²) in [7, 11) is 0. The number of allylic oxidation sites excluding steroid dienone is 4. The van der Waals surface area contributed by atoms with E-state index in [0.717, 1.165) is 5.57 Å². The molecule has 3 aliphatic carbocycles. The Bertz CT molecular complexity index is 1730. The number of rotatable bonds is 9. The molecule has 0 aromatic heterocycles. The Hall–Kier alpha value is -3.95. The Morgan fingerprint density at radius 1 is 1.09 bits per heavy atom. The van der Waals surface area contributed by atoms with E-state index in [0.29, 0.717) is 53.9 Å². The van der Waals surface area contributed by atoms with Crippen LogP contribution in [0, 0.1) is 11.8 Å². The molecule has 1 saturated carbocycles. The van der Waals surface area contributed by atoms with Gasteiger partial charge in [0.25, 0.3) is 6.47 Å². The van der Waals surface area contributed by atoms with Crippen LogP contribution in [0.4, 0.5) is 0 Å². The first-order valence-corrected chi connectivity index (χ1v) is 16.2. The molecule has 6 aliphatic rings. The van der Waals surface area contributed by atoms with E-state index in [-0.39, 0.29) is 35.2 Å². The van der Waals surface area contributed by atoms with Gasteiger partial charge in [0.15, 0.2) is 22.8 Å². The van der Waals surface area contributed by atoms with Gasteiger partial charge in [-0.1, -0.05) is 29.9 Å². The normalized spacial score (nSPS) is 31.4. The SMILES string of the molecule is CC(C)=CCc1c2c(c(O)c3c1OC14C(=C[C@H]5CC1C(C)(C)O[C@]4(C/C=C(/C)OC=O)C5=O)C3=O)C=CC(C)(C/C=C/C(C)(C)O)O2. The van der Waals surface area contributed by atoms with Crippen LogP contribution in [0.25, 0.3) is 6.08 Å². The third-order valence-electron chi connectivity index (χ3n) is 10.2. The van der Waals surface area contributed by atoms with Gasteiger partial charge in [-0.05, 0) is 86.5 Å². The van der Waals surface area contributed by atoms with Crippen molar-refractivity contribution in [2.75, 3.05) is 0 Å². The molecule has 5 atom stereocenters. The molecule has 2 fully saturated rings. The molecule has 0 radical (unpaired) electrons. The van der Waals surface area contributed by atoms with Crippen molar-refractivity contribution in [2.45, 2.75) is 109 Å². The fourth-order valence-electron chi connectivity index (χ4n) is 8.11. The van der Waals surface area contributed by atoms with Crippen LogP contribution < -0.4 is 9.47 Å². The number of benzene rings is 1. The van der Waals surface area contributed by atoms with Gasteiger partial charge in [-0.3, -0.25) is 14.4 Å². The van der Waals surface area contributed by atoms with Gasteiger partial charge in [0.1, 0.15) is 34.2 Å². The molecular weight excluding hydrogens is 600 g/mol. The van der Waals surface area contributed by atoms with Crippen LogP contribution in [0.15, 0.2) is 53.4 Å². The number of Topliss-reactive ketones (excluding diaryl/α,β-unsaturated/α-hetero) is 2. The Balaban J connectivity index is 1.57. The Morgan fingerprint density at radius 3 is 2.47 bits per heavy atom. The van der Waals surface area contributed by atoms with E-state index in [1.807, 2.05) is 52.8 Å². The number of hydrogen-bond acceptors (Lipinski definition) is 9. The topological polar surface area (TPSA) is 129 Å². The maximum Gasteiger partial charge on any atom is 0.298 e. The Morgan fingerprint density at radius 2 is 1.81 bits per heavy atom. The van der Waals surface area contributed by atoms with Gasteiger partial charge < -0.3 is 29.2 Å². The van der Waals surface area contributed by atoms with Gasteiger partial charge in [0.2, 0.25) is 0 Å². The van der Waals surface area contributed by atoms with E-state index in [2.05, 4.69) is 0 Å². The number of ketones is 2. The second-order valence-corrected chi connectivity index (χ2v) is 15.0. The monoisotopic (exact) mass is 644 g/mol. The van der Waals surface area contributed by atoms with Crippen LogP contribution in [-0.4, -0.2) is 56.3 Å². The van der Waals surface area contributed by atoms with E-state index in [4.69, 9.17) is 18.9 Å². The largest absolute Gasteiger partial charge is 0.506 e. The lowest BCUT2D eigenvalue weighted by Gasteiger charge is -2.56. The van der Waals surface area contributed by atoms with Crippen molar-refractivity contribution in [1.82, 2.24) is 0 Å². The second kappa shape index (κ2) is 10.8. The molecule has 250 valence electrons. The number of phenols is 1. The average Bonchev–Trinajstić information content (AvgIpc) is 3.12. The maximum atomic E-state index is 14.7. The van der Waals surface area contributed by atoms with Gasteiger partial charge in [0.05, 0.1) is 16.8 Å². The maximum absolute atomic E-state index is 14.7. The lowest BCUT2D eigenvalue weighted by Crippen LogP contribution is -2.72. The predicted octanol–water partition coefficient (Wildman–Crippen LogP) is 6.26. The van der Waals surface area contributed by atoms with E-state index in [9.17, 15) is 24.6 Å². The molecule has 2 N–H and O–H groups in total. The predicted molar refractivity (Wildman–Crippen MR) is 175 cm³/mol. The minimum Gasteiger partial charge on any atom is -0.506 e. The molecule has 9 nitrogen and oxygen atoms in total. The summed E-state index contributed by atoms with van der Waals surface area (Å²) in [5, 5.41) is 22.0. The summed E-state index contributed by atoms with van der Waals surface area (Å²) >= 11 is 0. The second-order valence-electron chi connectivity index (χ2n) is 15.0. The van der Waals surface area contributed by atoms with Crippen molar-refractivity contribution in [3.8, 4) is 17.2 Å². The Kier molecular flexibility index (Phi) is 7.57. The fourth-order valence-corrected chi connectivity index (χ4v) is 8.11. The molecule has 1 aromatic rings. The van der Waals surface area contributed by atoms with Crippen LogP contribution >= 0.6 is 0 Å². The summed E-state index contributed by atoms with van der Waals surface area (Å²) in [5.74, 6) is -0.907. The zero-order valence-corrected chi connectivity index (χ0v) is 28.4. The van der Waals surface area contributed by atoms with Gasteiger partial charge in [-0.25, -0.2) is 0 Å². The number of phenolic OH excluding ortho intramolecular Hbond substituents is 1. The summed E-state index contributed by atoms with van der Waals surface area (Å²) in [4.78, 5) is 40.1. The molecule has 1 spiro atoms. The van der Waals surface area contributed by atoms with E-state index in [1.165, 1.54) is 0 Å². The summed E-state index contributed by atoms with van der Waals surface area (Å²) in [6.07, 6.45) is 13.8. The minimum atomic E-state index is -1.58. The molecule has 0 amide bonds. The number of aliphatic hydroxyl groups is 1. The molecule has 3 aliphatic heterocycles. The molecule has 7 rings (SSSR count). The quantitative estimate of drug-likeness (QED) is 0.182. The zero-order chi connectivity index (χ0) is 34.3. The molecule has 9 heteroatoms. The van der Waals surface area contributed by atoms with Crippen molar-refractivity contribution in [2.24, 2.45) is 11.8 Å². The number of carbonyl (C=O) groups is 3. The minimum absolute atomic E-state index is 0.0208. The van der Waals surface area contributed by atoms with Crippen molar-refractivity contribution in [1.29, 1.82) is 0 Å². The molecule has 3 heterocycles. The highest BCUT2D eigenvalue weighted by atomic mass is 16.6. The van der Waals surface area contributed by atoms with Crippen LogP contribution in [0.5, 0.6) is 17.2 Å². The van der Waals surface area contributed by atoms with Crippen molar-refractivity contribution >= 4 is 24.1 Å². The number of fused-ring (bicyclic) bond motifs is 2. The lowest BCUT2D eigenvalue weighted by atomic mass is 9.51. The molecule has 1 aromatic carbocycles. The number of carbonyl (C=O) groups excluding carboxylic acids is 3. The van der Waals surface area contributed by atoms with Gasteiger partial charge in [0, 0.05) is 35.8 Å². The third kappa shape index (κ3) is 4.92. The highest BCUT2D eigenvalue weighted by molar-refractivity contribution is 6.19. The summed E-state index contributed by atoms with van der Waals surface area (Å²) < 4.78 is 25.6. The number of aromatic hydroxyl groups is 1. The first-order chi connectivity index (χ1) is 21.9. The summed E-state index contributed by atoms with van der Waals surface area (Å²) in [6.45, 7) is 15.0. The van der Waals surface area contributed by atoms with E-state index in [1.54, 1.807) is 45.1 Å². The fraction of sp³-hybridized carbons (Fsp3) is 0.500. The van der Waals surface area contributed by atoms with Crippen molar-refractivity contribution in [3.05, 3.63) is 70.1 Å². The highest BCUT2D eigenvalue weighted by Gasteiger charge is 2.81. The van der Waals surface area contributed by atoms with Crippen LogP contribution in [0.1, 0.15) is 96.1 Å². The molecular formula is C38H44O9. The summed E-state index contributed by atoms with van der Waals surface area (Å²) in [5.41, 5.74) is -3.39. The first kappa shape index (κ1) is 33.0. The first-order valence-electron chi connectivity index (χ1n) is 16.2. The molecule has 4 bridgehead atoms. The Labute approximate surface area is 275 Å². The lowest BCUT2D eigenvalue weighted by molar-refractivity contribution is -0.171. The van der Waals surface area contributed by atoms with Gasteiger partial charge in [-0.2, -0.15) is 0 Å². The molecule has 1 saturated heterocycles. The van der Waals surface area contributed by atoms with Crippen molar-refractivity contribution in [3.63, 3.8) is 0 Å². The number of hydrogen-bond donors (Lipinski definition) is 2. The van der Waals surface area contributed by atoms with Crippen LogP contribution in [0.2, 0.25) is 0 Å². The van der Waals surface area contributed by atoms with E-state index >= 15 is 0 Å². The standard InChI is InChI=1S/C38H44O9/c1-21(2)10-11-25-31-24(13-16-36(8,45-31)15-9-14-34(4,5)43)29(40)28-30(41)26-18-23-19-27-35(6,7)47-37(33(23)42,17-12-22(3)44-20-39)38(26,27)46-32(25)28/h9-10,12-14,16,18,20,23,27,40,43H,11,15,17,19H2,1-8H3/b14-9+,22-12-/t23-,27?,36?,37+,38?/m0/s1. The van der Waals surface area contributed by atoms with Crippen LogP contribution in [0.3, 0.4) is 0 Å². The summed E-state index contributed by atoms with van der Waals surface area (Å²) in [6, 6.07) is 0. The smallest absolute Gasteiger partial charge is 0.298 e. The zero-order valence-electron chi connectivity index (χ0n) is 28.4. The van der Waals surface area contributed by atoms with E-state index < -0.39 is 39.7 Å². The average molecular weight is 645 g/mol. The van der Waals surface area contributed by atoms with Gasteiger partial charge >= 0.3 is 0 Å². The highest BCUT2D eigenvalue weighted by Crippen LogP contribution is 2.68. The molecule has 47 heavy (non-hydrogen) atoms. The van der Waals surface area contributed by atoms with Gasteiger partial charge in [-0.15, -0.1) is 0 Å². The molecule has 3 unspecified atom stereocenters. The third-order valence-corrected chi connectivity index (χ3v) is 10.2. The van der Waals surface area contributed by atoms with Crippen molar-refractivity contribution < 1.29 is 43.5 Å². The van der Waals surface area contributed by atoms with Crippen LogP contribution in [-0.2, 0) is 25.5 Å².